The fourth-order valence-electron chi connectivity index (χ4n) is 3.03. The van der Waals surface area contributed by atoms with Gasteiger partial charge in [-0.25, -0.2) is 13.2 Å². The van der Waals surface area contributed by atoms with Crippen LogP contribution in [0.5, 0.6) is 11.5 Å². The molecule has 0 aliphatic carbocycles. The molecular weight excluding hydrogens is 412 g/mol. The van der Waals surface area contributed by atoms with E-state index < -0.39 is 34.4 Å². The lowest BCUT2D eigenvalue weighted by Gasteiger charge is -2.18. The molecule has 2 aliphatic heterocycles. The van der Waals surface area contributed by atoms with Crippen molar-refractivity contribution >= 4 is 27.6 Å². The number of aliphatic imine (C=N–C) groups is 1. The van der Waals surface area contributed by atoms with Crippen LogP contribution >= 0.6 is 0 Å². The summed E-state index contributed by atoms with van der Waals surface area (Å²) in [4.78, 5) is 28.8. The summed E-state index contributed by atoms with van der Waals surface area (Å²) < 4.78 is 42.5. The molecule has 0 spiro atoms. The lowest BCUT2D eigenvalue weighted by molar-refractivity contribution is -0.143. The Labute approximate surface area is 172 Å². The van der Waals surface area contributed by atoms with Crippen molar-refractivity contribution in [3.8, 4) is 11.5 Å². The maximum atomic E-state index is 12.3. The number of benzene rings is 2. The second-order valence-corrected chi connectivity index (χ2v) is 8.30. The van der Waals surface area contributed by atoms with Gasteiger partial charge in [-0.1, -0.05) is 12.1 Å². The molecule has 0 fully saturated rings. The Balaban J connectivity index is 1.41. The van der Waals surface area contributed by atoms with E-state index in [9.17, 15) is 18.0 Å². The number of ether oxygens (including phenoxy) is 3. The summed E-state index contributed by atoms with van der Waals surface area (Å²) in [6, 6.07) is 10.0. The molecule has 156 valence electrons. The van der Waals surface area contributed by atoms with Crippen molar-refractivity contribution in [3.05, 3.63) is 53.6 Å². The van der Waals surface area contributed by atoms with Gasteiger partial charge in [-0.3, -0.25) is 14.5 Å². The zero-order valence-electron chi connectivity index (χ0n) is 16.0. The number of sulfonamides is 1. The maximum absolute atomic E-state index is 12.3. The van der Waals surface area contributed by atoms with Crippen LogP contribution in [0.3, 0.4) is 0 Å². The molecule has 4 rings (SSSR count). The van der Waals surface area contributed by atoms with Gasteiger partial charge in [0.1, 0.15) is 25.1 Å². The van der Waals surface area contributed by atoms with Crippen LogP contribution in [0.2, 0.25) is 0 Å². The van der Waals surface area contributed by atoms with Crippen LogP contribution in [0, 0.1) is 0 Å². The Morgan fingerprint density at radius 3 is 2.67 bits per heavy atom. The maximum Gasteiger partial charge on any atom is 0.331 e. The monoisotopic (exact) mass is 430 g/mol. The summed E-state index contributed by atoms with van der Waals surface area (Å²) in [5.41, 5.74) is 0.702. The van der Waals surface area contributed by atoms with Crippen molar-refractivity contribution in [1.29, 1.82) is 0 Å². The van der Waals surface area contributed by atoms with Crippen LogP contribution in [-0.4, -0.2) is 51.9 Å². The zero-order chi connectivity index (χ0) is 21.3. The number of esters is 1. The first-order valence-corrected chi connectivity index (χ1v) is 10.6. The molecule has 1 N–H and O–H groups in total. The molecule has 2 heterocycles. The number of hydrogen-bond donors (Lipinski definition) is 1. The molecule has 1 atom stereocenters. The smallest absolute Gasteiger partial charge is 0.331 e. The summed E-state index contributed by atoms with van der Waals surface area (Å²) in [6.45, 7) is 1.82. The number of Topliss-reactive ketones (excluding diaryl/α,β-unsaturated/α-hetero) is 1. The fourth-order valence-corrected chi connectivity index (χ4v) is 4.27. The Morgan fingerprint density at radius 1 is 1.13 bits per heavy atom. The van der Waals surface area contributed by atoms with Gasteiger partial charge in [-0.15, -0.1) is 0 Å². The Morgan fingerprint density at radius 2 is 1.87 bits per heavy atom. The van der Waals surface area contributed by atoms with Crippen molar-refractivity contribution in [2.75, 3.05) is 19.8 Å². The van der Waals surface area contributed by atoms with Crippen molar-refractivity contribution < 1.29 is 32.2 Å². The van der Waals surface area contributed by atoms with Gasteiger partial charge in [0.25, 0.3) is 10.0 Å². The summed E-state index contributed by atoms with van der Waals surface area (Å²) >= 11 is 0. The normalized spacial score (nSPS) is 18.2. The summed E-state index contributed by atoms with van der Waals surface area (Å²) in [5, 5.41) is 0. The number of rotatable bonds is 5. The molecule has 0 radical (unpaired) electrons. The number of fused-ring (bicyclic) bond motifs is 2. The lowest BCUT2D eigenvalue weighted by Crippen LogP contribution is -2.27. The van der Waals surface area contributed by atoms with Crippen molar-refractivity contribution in [2.45, 2.75) is 17.9 Å². The largest absolute Gasteiger partial charge is 0.486 e. The third-order valence-electron chi connectivity index (χ3n) is 4.54. The Hall–Kier alpha value is -3.40. The number of ketones is 1. The van der Waals surface area contributed by atoms with Gasteiger partial charge in [-0.05, 0) is 37.3 Å². The van der Waals surface area contributed by atoms with Crippen LogP contribution in [0.4, 0.5) is 0 Å². The molecule has 2 aliphatic rings. The second kappa shape index (κ2) is 7.79. The van der Waals surface area contributed by atoms with Crippen LogP contribution < -0.4 is 14.2 Å². The first-order valence-electron chi connectivity index (χ1n) is 9.14. The molecule has 0 bridgehead atoms. The van der Waals surface area contributed by atoms with Crippen molar-refractivity contribution in [3.63, 3.8) is 0 Å². The third-order valence-corrected chi connectivity index (χ3v) is 5.93. The highest BCUT2D eigenvalue weighted by Crippen LogP contribution is 2.30. The highest BCUT2D eigenvalue weighted by atomic mass is 32.2. The molecule has 0 aromatic heterocycles. The molecule has 9 nitrogen and oxygen atoms in total. The van der Waals surface area contributed by atoms with E-state index in [1.165, 1.54) is 13.0 Å². The van der Waals surface area contributed by atoms with E-state index in [-0.39, 0.29) is 10.7 Å². The van der Waals surface area contributed by atoms with Gasteiger partial charge >= 0.3 is 5.97 Å². The second-order valence-electron chi connectivity index (χ2n) is 6.64. The standard InChI is InChI=1S/C20H18N2O7S/c1-12(21-19-14-4-2-3-5-18(14)30(25,26)22-19)20(24)29-11-15(23)13-6-7-16-17(10-13)28-9-8-27-16/h2-7,10,12H,8-9,11H2,1H3,(H,21,22)/t12-/m1/s1. The highest BCUT2D eigenvalue weighted by Gasteiger charge is 2.31. The molecule has 2 aromatic rings. The topological polar surface area (TPSA) is 120 Å². The van der Waals surface area contributed by atoms with Crippen LogP contribution in [0.25, 0.3) is 0 Å². The number of carbonyl (C=O) groups excluding carboxylic acids is 2. The average Bonchev–Trinajstić information content (AvgIpc) is 3.01. The van der Waals surface area contributed by atoms with E-state index in [1.807, 2.05) is 0 Å². The van der Waals surface area contributed by atoms with E-state index in [0.717, 1.165) is 0 Å². The minimum absolute atomic E-state index is 0.0632. The summed E-state index contributed by atoms with van der Waals surface area (Å²) in [5.74, 6) is -0.0822. The SMILES string of the molecule is C[C@@H](N=C1NS(=O)(=O)c2ccccc21)C(=O)OCC(=O)c1ccc2c(c1)OCCO2. The van der Waals surface area contributed by atoms with E-state index >= 15 is 0 Å². The minimum atomic E-state index is -3.70. The van der Waals surface area contributed by atoms with E-state index in [4.69, 9.17) is 14.2 Å². The van der Waals surface area contributed by atoms with Crippen LogP contribution in [-0.2, 0) is 19.6 Å². The van der Waals surface area contributed by atoms with Gasteiger partial charge < -0.3 is 14.2 Å². The zero-order valence-corrected chi connectivity index (χ0v) is 16.8. The first kappa shape index (κ1) is 19.9. The van der Waals surface area contributed by atoms with Gasteiger partial charge in [0, 0.05) is 11.1 Å². The Bertz CT molecular complexity index is 1160. The van der Waals surface area contributed by atoms with E-state index in [2.05, 4.69) is 9.71 Å². The first-order chi connectivity index (χ1) is 14.3. The quantitative estimate of drug-likeness (QED) is 0.561. The van der Waals surface area contributed by atoms with Crippen molar-refractivity contribution in [2.24, 2.45) is 4.99 Å². The fraction of sp³-hybridized carbons (Fsp3) is 0.250. The lowest BCUT2D eigenvalue weighted by atomic mass is 10.1. The predicted octanol–water partition coefficient (Wildman–Crippen LogP) is 1.31. The van der Waals surface area contributed by atoms with Crippen LogP contribution in [0.1, 0.15) is 22.8 Å². The average molecular weight is 430 g/mol. The minimum Gasteiger partial charge on any atom is -0.486 e. The number of hydrogen-bond acceptors (Lipinski definition) is 8. The molecule has 0 amide bonds. The number of carbonyl (C=O) groups is 2. The number of nitrogens with zero attached hydrogens (tertiary/aromatic N) is 1. The Kier molecular flexibility index (Phi) is 5.17. The molecule has 10 heteroatoms. The molecule has 2 aromatic carbocycles. The van der Waals surface area contributed by atoms with E-state index in [0.29, 0.717) is 35.8 Å². The van der Waals surface area contributed by atoms with Gasteiger partial charge in [0.2, 0.25) is 0 Å². The van der Waals surface area contributed by atoms with Gasteiger partial charge in [0.15, 0.2) is 23.9 Å². The summed E-state index contributed by atoms with van der Waals surface area (Å²) in [6.07, 6.45) is 0. The van der Waals surface area contributed by atoms with Gasteiger partial charge in [0.05, 0.1) is 4.90 Å². The molecule has 30 heavy (non-hydrogen) atoms. The van der Waals surface area contributed by atoms with Crippen LogP contribution in [0.15, 0.2) is 52.4 Å². The summed E-state index contributed by atoms with van der Waals surface area (Å²) in [7, 11) is -3.70. The predicted molar refractivity (Wildman–Crippen MR) is 105 cm³/mol. The molecule has 0 unspecified atom stereocenters. The van der Waals surface area contributed by atoms with E-state index in [1.54, 1.807) is 36.4 Å². The molecule has 0 saturated carbocycles. The van der Waals surface area contributed by atoms with Gasteiger partial charge in [-0.2, -0.15) is 0 Å². The highest BCUT2D eigenvalue weighted by molar-refractivity contribution is 7.90. The number of amidine groups is 1. The molecular formula is C20H18N2O7S. The third kappa shape index (κ3) is 3.86. The van der Waals surface area contributed by atoms with Crippen molar-refractivity contribution in [1.82, 2.24) is 4.72 Å². The molecule has 0 saturated heterocycles. The number of nitrogens with one attached hydrogen (secondary N) is 1.